The number of amides is 1. The normalized spacial score (nSPS) is 24.1. The second-order valence-electron chi connectivity index (χ2n) is 4.84. The van der Waals surface area contributed by atoms with Gasteiger partial charge in [0, 0.05) is 12.3 Å². The van der Waals surface area contributed by atoms with Gasteiger partial charge in [0.2, 0.25) is 0 Å². The van der Waals surface area contributed by atoms with Gasteiger partial charge in [-0.05, 0) is 24.3 Å². The number of sulfone groups is 1. The van der Waals surface area contributed by atoms with Crippen LogP contribution in [0.3, 0.4) is 0 Å². The molecule has 1 fully saturated rings. The molecule has 0 aliphatic heterocycles. The summed E-state index contributed by atoms with van der Waals surface area (Å²) in [5.41, 5.74) is 0.421. The van der Waals surface area contributed by atoms with E-state index in [1.807, 2.05) is 0 Å². The third-order valence-corrected chi connectivity index (χ3v) is 6.27. The Hall–Kier alpha value is -0.590. The predicted octanol–water partition coefficient (Wildman–Crippen LogP) is 2.49. The molecule has 0 bridgehead atoms. The maximum Gasteiger partial charge on any atom is 0.253 e. The van der Waals surface area contributed by atoms with Crippen LogP contribution in [0, 0.1) is 0 Å². The maximum absolute atomic E-state index is 12.1. The van der Waals surface area contributed by atoms with Crippen LogP contribution in [-0.2, 0) is 9.84 Å². The number of hydrogen-bond acceptors (Lipinski definition) is 4. The third-order valence-electron chi connectivity index (χ3n) is 3.43. The SMILES string of the molecule is CS(=O)(=O)[C@@H]1CCCC[C@H]1NC(=O)c1ccsc1Cl. The van der Waals surface area contributed by atoms with Crippen LogP contribution in [-0.4, -0.2) is 31.9 Å². The number of rotatable bonds is 3. The lowest BCUT2D eigenvalue weighted by Crippen LogP contribution is -2.48. The summed E-state index contributed by atoms with van der Waals surface area (Å²) < 4.78 is 23.9. The average molecular weight is 322 g/mol. The van der Waals surface area contributed by atoms with E-state index >= 15 is 0 Å². The van der Waals surface area contributed by atoms with Gasteiger partial charge in [0.15, 0.2) is 9.84 Å². The summed E-state index contributed by atoms with van der Waals surface area (Å²) in [6, 6.07) is 1.34. The molecule has 0 spiro atoms. The van der Waals surface area contributed by atoms with Crippen molar-refractivity contribution in [2.24, 2.45) is 0 Å². The van der Waals surface area contributed by atoms with Crippen LogP contribution in [0.1, 0.15) is 36.0 Å². The van der Waals surface area contributed by atoms with E-state index in [9.17, 15) is 13.2 Å². The van der Waals surface area contributed by atoms with E-state index in [2.05, 4.69) is 5.32 Å². The largest absolute Gasteiger partial charge is 0.348 e. The molecular weight excluding hydrogens is 306 g/mol. The van der Waals surface area contributed by atoms with Gasteiger partial charge >= 0.3 is 0 Å². The van der Waals surface area contributed by atoms with Gasteiger partial charge in [-0.2, -0.15) is 0 Å². The summed E-state index contributed by atoms with van der Waals surface area (Å²) >= 11 is 7.21. The first kappa shape index (κ1) is 14.8. The second kappa shape index (κ2) is 5.81. The average Bonchev–Trinajstić information content (AvgIpc) is 2.75. The summed E-state index contributed by atoms with van der Waals surface area (Å²) in [6.07, 6.45) is 4.38. The highest BCUT2D eigenvalue weighted by atomic mass is 35.5. The predicted molar refractivity (Wildman–Crippen MR) is 77.7 cm³/mol. The van der Waals surface area contributed by atoms with Crippen LogP contribution in [0.15, 0.2) is 11.4 Å². The number of hydrogen-bond donors (Lipinski definition) is 1. The molecule has 0 unspecified atom stereocenters. The quantitative estimate of drug-likeness (QED) is 0.930. The zero-order valence-electron chi connectivity index (χ0n) is 10.6. The number of carbonyl (C=O) groups is 1. The van der Waals surface area contributed by atoms with Crippen LogP contribution in [0.5, 0.6) is 0 Å². The second-order valence-corrected chi connectivity index (χ2v) is 8.62. The van der Waals surface area contributed by atoms with E-state index in [-0.39, 0.29) is 11.9 Å². The van der Waals surface area contributed by atoms with Crippen LogP contribution >= 0.6 is 22.9 Å². The highest BCUT2D eigenvalue weighted by Gasteiger charge is 2.34. The topological polar surface area (TPSA) is 63.2 Å². The molecule has 2 atom stereocenters. The minimum atomic E-state index is -3.14. The van der Waals surface area contributed by atoms with Crippen LogP contribution in [0.25, 0.3) is 0 Å². The molecule has 1 aromatic rings. The first-order valence-corrected chi connectivity index (χ1v) is 9.33. The van der Waals surface area contributed by atoms with E-state index in [1.165, 1.54) is 17.6 Å². The molecule has 1 aromatic heterocycles. The molecule has 0 aromatic carbocycles. The summed E-state index contributed by atoms with van der Waals surface area (Å²) in [7, 11) is -3.14. The standard InChI is InChI=1S/C12H16ClNO3S2/c1-19(16,17)10-5-3-2-4-9(10)14-12(15)8-6-7-18-11(8)13/h6-7,9-10H,2-5H2,1H3,(H,14,15)/t9-,10-/m1/s1. The van der Waals surface area contributed by atoms with E-state index < -0.39 is 15.1 Å². The Morgan fingerprint density at radius 3 is 2.68 bits per heavy atom. The molecule has 1 N–H and O–H groups in total. The molecule has 0 radical (unpaired) electrons. The number of halogens is 1. The van der Waals surface area contributed by atoms with Gasteiger partial charge in [-0.1, -0.05) is 24.4 Å². The van der Waals surface area contributed by atoms with Gasteiger partial charge in [0.05, 0.1) is 10.8 Å². The molecule has 2 rings (SSSR count). The Morgan fingerprint density at radius 1 is 1.42 bits per heavy atom. The van der Waals surface area contributed by atoms with Crippen LogP contribution in [0.2, 0.25) is 4.34 Å². The van der Waals surface area contributed by atoms with Gasteiger partial charge in [-0.3, -0.25) is 4.79 Å². The van der Waals surface area contributed by atoms with Crippen molar-refractivity contribution in [2.45, 2.75) is 37.0 Å². The Balaban J connectivity index is 2.12. The minimum absolute atomic E-state index is 0.285. The van der Waals surface area contributed by atoms with Crippen molar-refractivity contribution in [3.05, 3.63) is 21.3 Å². The molecule has 19 heavy (non-hydrogen) atoms. The Bertz CT molecular complexity index is 567. The molecular formula is C12H16ClNO3S2. The van der Waals surface area contributed by atoms with Gasteiger partial charge < -0.3 is 5.32 Å². The zero-order valence-corrected chi connectivity index (χ0v) is 12.9. The fraction of sp³-hybridized carbons (Fsp3) is 0.583. The maximum atomic E-state index is 12.1. The first-order valence-electron chi connectivity index (χ1n) is 6.12. The molecule has 1 aliphatic carbocycles. The monoisotopic (exact) mass is 321 g/mol. The lowest BCUT2D eigenvalue weighted by atomic mass is 9.94. The minimum Gasteiger partial charge on any atom is -0.348 e. The first-order chi connectivity index (χ1) is 8.89. The van der Waals surface area contributed by atoms with Crippen molar-refractivity contribution in [2.75, 3.05) is 6.26 Å². The third kappa shape index (κ3) is 3.49. The van der Waals surface area contributed by atoms with Crippen molar-refractivity contribution < 1.29 is 13.2 Å². The Morgan fingerprint density at radius 2 is 2.11 bits per heavy atom. The summed E-state index contributed by atoms with van der Waals surface area (Å²) in [6.45, 7) is 0. The Kier molecular flexibility index (Phi) is 4.53. The summed E-state index contributed by atoms with van der Waals surface area (Å²) in [5, 5.41) is 4.08. The molecule has 1 aliphatic rings. The van der Waals surface area contributed by atoms with Crippen LogP contribution < -0.4 is 5.32 Å². The van der Waals surface area contributed by atoms with Crippen LogP contribution in [0.4, 0.5) is 0 Å². The molecule has 4 nitrogen and oxygen atoms in total. The van der Waals surface area contributed by atoms with Crippen molar-refractivity contribution in [1.82, 2.24) is 5.32 Å². The number of thiophene rings is 1. The van der Waals surface area contributed by atoms with E-state index in [4.69, 9.17) is 11.6 Å². The highest BCUT2D eigenvalue weighted by molar-refractivity contribution is 7.91. The fourth-order valence-corrected chi connectivity index (χ4v) is 4.79. The van der Waals surface area contributed by atoms with Crippen molar-refractivity contribution >= 4 is 38.7 Å². The number of nitrogens with one attached hydrogen (secondary N) is 1. The molecule has 0 saturated heterocycles. The highest BCUT2D eigenvalue weighted by Crippen LogP contribution is 2.26. The molecule has 1 heterocycles. The molecule has 1 amide bonds. The molecule has 1 saturated carbocycles. The van der Waals surface area contributed by atoms with Gasteiger partial charge in [-0.15, -0.1) is 11.3 Å². The fourth-order valence-electron chi connectivity index (χ4n) is 2.48. The van der Waals surface area contributed by atoms with Crippen molar-refractivity contribution in [3.63, 3.8) is 0 Å². The van der Waals surface area contributed by atoms with E-state index in [0.29, 0.717) is 22.7 Å². The Labute approximate surface area is 122 Å². The van der Waals surface area contributed by atoms with Gasteiger partial charge in [0.1, 0.15) is 4.34 Å². The molecule has 106 valence electrons. The summed E-state index contributed by atoms with van der Waals surface area (Å²) in [5.74, 6) is -0.285. The van der Waals surface area contributed by atoms with E-state index in [0.717, 1.165) is 12.8 Å². The lowest BCUT2D eigenvalue weighted by Gasteiger charge is -2.30. The van der Waals surface area contributed by atoms with Crippen molar-refractivity contribution in [3.8, 4) is 0 Å². The lowest BCUT2D eigenvalue weighted by molar-refractivity contribution is 0.0929. The van der Waals surface area contributed by atoms with E-state index in [1.54, 1.807) is 11.4 Å². The zero-order chi connectivity index (χ0) is 14.0. The summed E-state index contributed by atoms with van der Waals surface area (Å²) in [4.78, 5) is 12.1. The van der Waals surface area contributed by atoms with Gasteiger partial charge in [-0.25, -0.2) is 8.42 Å². The van der Waals surface area contributed by atoms with Crippen molar-refractivity contribution in [1.29, 1.82) is 0 Å². The molecule has 7 heteroatoms. The number of carbonyl (C=O) groups excluding carboxylic acids is 1. The smallest absolute Gasteiger partial charge is 0.253 e. The van der Waals surface area contributed by atoms with Gasteiger partial charge in [0.25, 0.3) is 5.91 Å².